The van der Waals surface area contributed by atoms with Crippen LogP contribution in [0.3, 0.4) is 0 Å². The molecule has 1 amide bonds. The number of pyridine rings is 1. The van der Waals surface area contributed by atoms with Gasteiger partial charge in [-0.25, -0.2) is 0 Å². The van der Waals surface area contributed by atoms with Crippen LogP contribution in [-0.2, 0) is 9.47 Å². The summed E-state index contributed by atoms with van der Waals surface area (Å²) in [7, 11) is 1.62. The van der Waals surface area contributed by atoms with Gasteiger partial charge >= 0.3 is 0 Å². The Bertz CT molecular complexity index is 493. The highest BCUT2D eigenvalue weighted by Crippen LogP contribution is 2.24. The number of morpholine rings is 1. The number of amides is 1. The number of halogens is 1. The van der Waals surface area contributed by atoms with Crippen LogP contribution in [0.1, 0.15) is 24.2 Å². The lowest BCUT2D eigenvalue weighted by Crippen LogP contribution is -2.55. The molecule has 1 atom stereocenters. The molecular weight excluding hydrogens is 280 g/mol. The van der Waals surface area contributed by atoms with Crippen molar-refractivity contribution in [3.8, 4) is 0 Å². The van der Waals surface area contributed by atoms with Crippen LogP contribution in [0.2, 0.25) is 5.02 Å². The van der Waals surface area contributed by atoms with Crippen LogP contribution in [-0.4, -0.2) is 54.3 Å². The molecule has 1 aliphatic rings. The molecule has 1 aliphatic heterocycles. The second kappa shape index (κ2) is 6.08. The Morgan fingerprint density at radius 2 is 2.40 bits per heavy atom. The summed E-state index contributed by atoms with van der Waals surface area (Å²) in [4.78, 5) is 18.2. The Labute approximate surface area is 123 Å². The van der Waals surface area contributed by atoms with Gasteiger partial charge in [0.05, 0.1) is 28.9 Å². The zero-order valence-electron chi connectivity index (χ0n) is 11.9. The molecule has 1 fully saturated rings. The topological polar surface area (TPSA) is 51.7 Å². The molecule has 0 saturated carbocycles. The summed E-state index contributed by atoms with van der Waals surface area (Å²) in [6, 6.07) is 1.64. The number of hydrogen-bond acceptors (Lipinski definition) is 4. The van der Waals surface area contributed by atoms with Gasteiger partial charge in [0, 0.05) is 32.6 Å². The third-order valence-corrected chi connectivity index (χ3v) is 3.43. The third-order valence-electron chi connectivity index (χ3n) is 3.12. The second-order valence-corrected chi connectivity index (χ2v) is 5.90. The minimum atomic E-state index is -0.406. The quantitative estimate of drug-likeness (QED) is 0.856. The fourth-order valence-corrected chi connectivity index (χ4v) is 2.64. The molecule has 0 radical (unpaired) electrons. The van der Waals surface area contributed by atoms with E-state index in [0.29, 0.717) is 30.3 Å². The first-order valence-corrected chi connectivity index (χ1v) is 6.86. The minimum Gasteiger partial charge on any atom is -0.382 e. The first kappa shape index (κ1) is 15.2. The molecule has 0 N–H and O–H groups in total. The number of nitrogens with zero attached hydrogens (tertiary/aromatic N) is 2. The second-order valence-electron chi connectivity index (χ2n) is 5.50. The molecule has 0 aromatic carbocycles. The van der Waals surface area contributed by atoms with Crippen molar-refractivity contribution in [1.82, 2.24) is 9.88 Å². The lowest BCUT2D eigenvalue weighted by Gasteiger charge is -2.42. The Morgan fingerprint density at radius 1 is 1.65 bits per heavy atom. The molecule has 6 heteroatoms. The molecule has 110 valence electrons. The Balaban J connectivity index is 2.18. The Hall–Kier alpha value is -1.17. The normalized spacial score (nSPS) is 21.8. The maximum absolute atomic E-state index is 12.6. The number of hydrogen-bond donors (Lipinski definition) is 0. The van der Waals surface area contributed by atoms with Crippen LogP contribution in [0.15, 0.2) is 18.5 Å². The molecular formula is C14H19ClN2O3. The summed E-state index contributed by atoms with van der Waals surface area (Å²) in [6.07, 6.45) is 2.91. The molecule has 1 aromatic rings. The van der Waals surface area contributed by atoms with E-state index in [9.17, 15) is 4.79 Å². The Kier molecular flexibility index (Phi) is 4.62. The lowest BCUT2D eigenvalue weighted by molar-refractivity contribution is -0.143. The molecule has 2 heterocycles. The molecule has 20 heavy (non-hydrogen) atoms. The van der Waals surface area contributed by atoms with Gasteiger partial charge in [0.2, 0.25) is 0 Å². The van der Waals surface area contributed by atoms with Gasteiger partial charge < -0.3 is 14.4 Å². The standard InChI is InChI=1S/C14H19ClN2O3/c1-14(2)9-17(7-10(20-14)8-19-3)13(18)11-4-5-16-6-12(11)15/h4-6,10H,7-9H2,1-3H3/t10-/m1/s1. The van der Waals surface area contributed by atoms with Crippen LogP contribution < -0.4 is 0 Å². The molecule has 0 unspecified atom stereocenters. The van der Waals surface area contributed by atoms with Crippen LogP contribution >= 0.6 is 11.6 Å². The molecule has 0 aliphatic carbocycles. The summed E-state index contributed by atoms with van der Waals surface area (Å²) < 4.78 is 11.0. The first-order valence-electron chi connectivity index (χ1n) is 6.48. The summed E-state index contributed by atoms with van der Waals surface area (Å²) in [5, 5.41) is 0.366. The largest absolute Gasteiger partial charge is 0.382 e. The summed E-state index contributed by atoms with van der Waals surface area (Å²) in [5.74, 6) is -0.102. The van der Waals surface area contributed by atoms with Crippen molar-refractivity contribution in [1.29, 1.82) is 0 Å². The first-order chi connectivity index (χ1) is 9.43. The molecule has 5 nitrogen and oxygen atoms in total. The van der Waals surface area contributed by atoms with Crippen LogP contribution in [0.5, 0.6) is 0 Å². The van der Waals surface area contributed by atoms with Gasteiger partial charge in [0.25, 0.3) is 5.91 Å². The fourth-order valence-electron chi connectivity index (χ4n) is 2.44. The third kappa shape index (κ3) is 3.48. The van der Waals surface area contributed by atoms with Crippen molar-refractivity contribution >= 4 is 17.5 Å². The maximum Gasteiger partial charge on any atom is 0.255 e. The van der Waals surface area contributed by atoms with E-state index in [1.165, 1.54) is 6.20 Å². The minimum absolute atomic E-state index is 0.102. The monoisotopic (exact) mass is 298 g/mol. The van der Waals surface area contributed by atoms with Gasteiger partial charge in [-0.05, 0) is 19.9 Å². The lowest BCUT2D eigenvalue weighted by atomic mass is 10.0. The molecule has 1 aromatic heterocycles. The van der Waals surface area contributed by atoms with E-state index >= 15 is 0 Å². The molecule has 0 bridgehead atoms. The average molecular weight is 299 g/mol. The van der Waals surface area contributed by atoms with Gasteiger partial charge in [-0.2, -0.15) is 0 Å². The zero-order chi connectivity index (χ0) is 14.8. The summed E-state index contributed by atoms with van der Waals surface area (Å²) >= 11 is 6.04. The van der Waals surface area contributed by atoms with Gasteiger partial charge in [0.1, 0.15) is 0 Å². The van der Waals surface area contributed by atoms with Gasteiger partial charge in [-0.1, -0.05) is 11.6 Å². The van der Waals surface area contributed by atoms with E-state index in [1.54, 1.807) is 24.3 Å². The number of aromatic nitrogens is 1. The molecule has 0 spiro atoms. The van der Waals surface area contributed by atoms with Crippen molar-refractivity contribution in [2.75, 3.05) is 26.8 Å². The van der Waals surface area contributed by atoms with Crippen molar-refractivity contribution in [3.05, 3.63) is 29.0 Å². The van der Waals surface area contributed by atoms with E-state index in [2.05, 4.69) is 4.98 Å². The van der Waals surface area contributed by atoms with E-state index < -0.39 is 5.60 Å². The van der Waals surface area contributed by atoms with Crippen LogP contribution in [0.25, 0.3) is 0 Å². The van der Waals surface area contributed by atoms with E-state index in [4.69, 9.17) is 21.1 Å². The Morgan fingerprint density at radius 3 is 3.05 bits per heavy atom. The highest BCUT2D eigenvalue weighted by Gasteiger charge is 2.36. The average Bonchev–Trinajstić information content (AvgIpc) is 2.37. The van der Waals surface area contributed by atoms with Gasteiger partial charge in [-0.15, -0.1) is 0 Å². The van der Waals surface area contributed by atoms with Crippen molar-refractivity contribution in [2.24, 2.45) is 0 Å². The highest BCUT2D eigenvalue weighted by atomic mass is 35.5. The molecule has 1 saturated heterocycles. The molecule has 2 rings (SSSR count). The predicted molar refractivity (Wildman–Crippen MR) is 76.0 cm³/mol. The number of ether oxygens (including phenoxy) is 2. The maximum atomic E-state index is 12.6. The summed E-state index contributed by atoms with van der Waals surface area (Å²) in [6.45, 7) is 5.39. The number of rotatable bonds is 3. The van der Waals surface area contributed by atoms with Crippen molar-refractivity contribution in [2.45, 2.75) is 25.6 Å². The summed E-state index contributed by atoms with van der Waals surface area (Å²) in [5.41, 5.74) is 0.0619. The van der Waals surface area contributed by atoms with Gasteiger partial charge in [0.15, 0.2) is 0 Å². The number of methoxy groups -OCH3 is 1. The van der Waals surface area contributed by atoms with Gasteiger partial charge in [-0.3, -0.25) is 9.78 Å². The number of carbonyl (C=O) groups is 1. The predicted octanol–water partition coefficient (Wildman–Crippen LogP) is 2.00. The highest BCUT2D eigenvalue weighted by molar-refractivity contribution is 6.33. The smallest absolute Gasteiger partial charge is 0.255 e. The van der Waals surface area contributed by atoms with Crippen LogP contribution in [0, 0.1) is 0 Å². The van der Waals surface area contributed by atoms with E-state index in [1.807, 2.05) is 13.8 Å². The van der Waals surface area contributed by atoms with Crippen LogP contribution in [0.4, 0.5) is 0 Å². The van der Waals surface area contributed by atoms with E-state index in [-0.39, 0.29) is 12.0 Å². The zero-order valence-corrected chi connectivity index (χ0v) is 12.7. The van der Waals surface area contributed by atoms with E-state index in [0.717, 1.165) is 0 Å². The fraction of sp³-hybridized carbons (Fsp3) is 0.571. The van der Waals surface area contributed by atoms with Crippen molar-refractivity contribution < 1.29 is 14.3 Å². The SMILES string of the molecule is COC[C@H]1CN(C(=O)c2ccncc2Cl)CC(C)(C)O1. The number of carbonyl (C=O) groups excluding carboxylic acids is 1. The van der Waals surface area contributed by atoms with Crippen molar-refractivity contribution in [3.63, 3.8) is 0 Å².